The van der Waals surface area contributed by atoms with Gasteiger partial charge in [0.25, 0.3) is 0 Å². The van der Waals surface area contributed by atoms with Gasteiger partial charge in [-0.1, -0.05) is 68.3 Å². The Bertz CT molecular complexity index is 1590. The van der Waals surface area contributed by atoms with Gasteiger partial charge in [0.05, 0.1) is 16.9 Å². The van der Waals surface area contributed by atoms with Gasteiger partial charge in [0, 0.05) is 20.7 Å². The van der Waals surface area contributed by atoms with Crippen molar-refractivity contribution in [3.63, 3.8) is 0 Å². The lowest BCUT2D eigenvalue weighted by molar-refractivity contribution is 0.0734. The van der Waals surface area contributed by atoms with Crippen molar-refractivity contribution >= 4 is 49.9 Å². The number of hydrogen-bond donors (Lipinski definition) is 0. The van der Waals surface area contributed by atoms with E-state index < -0.39 is 5.97 Å². The summed E-state index contributed by atoms with van der Waals surface area (Å²) in [6, 6.07) is 32.4. The van der Waals surface area contributed by atoms with Gasteiger partial charge in [-0.05, 0) is 84.8 Å². The maximum Gasteiger partial charge on any atom is 0.343 e. The number of carbonyl (C=O) groups excluding carboxylic acids is 1. The molecule has 1 heterocycles. The third-order valence-electron chi connectivity index (χ3n) is 5.64. The number of aromatic nitrogens is 2. The number of aryl methyl sites for hydroxylation is 1. The van der Waals surface area contributed by atoms with Crippen LogP contribution in [0, 0.1) is 6.92 Å². The molecule has 0 amide bonds. The number of nitrogens with zero attached hydrogens (tertiary/aromatic N) is 3. The van der Waals surface area contributed by atoms with Gasteiger partial charge >= 0.3 is 5.97 Å². The van der Waals surface area contributed by atoms with E-state index in [-0.39, 0.29) is 0 Å². The Morgan fingerprint density at radius 3 is 2.27 bits per heavy atom. The summed E-state index contributed by atoms with van der Waals surface area (Å²) in [5.74, 6) is 0.776. The Morgan fingerprint density at radius 2 is 1.57 bits per heavy atom. The molecular weight excluding hydrogens is 594 g/mol. The average molecular weight is 615 g/mol. The fourth-order valence-corrected chi connectivity index (χ4v) is 4.70. The van der Waals surface area contributed by atoms with E-state index in [2.05, 4.69) is 44.0 Å². The Hall–Kier alpha value is -3.81. The fourth-order valence-electron chi connectivity index (χ4n) is 3.90. The zero-order valence-corrected chi connectivity index (χ0v) is 23.0. The molecule has 5 rings (SSSR count). The second-order valence-corrected chi connectivity index (χ2v) is 10.1. The largest absolute Gasteiger partial charge is 0.423 e. The van der Waals surface area contributed by atoms with Crippen LogP contribution in [0.5, 0.6) is 5.75 Å². The van der Waals surface area contributed by atoms with Gasteiger partial charge in [0.15, 0.2) is 5.82 Å². The lowest BCUT2D eigenvalue weighted by Gasteiger charge is -2.07. The second kappa shape index (κ2) is 11.1. The highest BCUT2D eigenvalue weighted by Gasteiger charge is 2.18. The van der Waals surface area contributed by atoms with E-state index in [1.807, 2.05) is 72.3 Å². The van der Waals surface area contributed by atoms with Crippen LogP contribution in [0.4, 0.5) is 5.82 Å². The molecule has 0 radical (unpaired) electrons. The average Bonchev–Trinajstić information content (AvgIpc) is 3.24. The quantitative estimate of drug-likeness (QED) is 0.110. The van der Waals surface area contributed by atoms with E-state index in [4.69, 9.17) is 14.8 Å². The zero-order chi connectivity index (χ0) is 25.8. The minimum absolute atomic E-state index is 0.413. The number of aliphatic imine (C=N–C) groups is 1. The Labute approximate surface area is 231 Å². The molecule has 4 aromatic carbocycles. The van der Waals surface area contributed by atoms with Gasteiger partial charge in [0.1, 0.15) is 5.75 Å². The predicted molar refractivity (Wildman–Crippen MR) is 154 cm³/mol. The van der Waals surface area contributed by atoms with E-state index in [1.165, 1.54) is 0 Å². The van der Waals surface area contributed by atoms with Crippen LogP contribution in [0.3, 0.4) is 0 Å². The van der Waals surface area contributed by atoms with Crippen molar-refractivity contribution < 1.29 is 9.53 Å². The molecule has 5 nitrogen and oxygen atoms in total. The van der Waals surface area contributed by atoms with E-state index in [0.717, 1.165) is 42.8 Å². The van der Waals surface area contributed by atoms with Crippen molar-refractivity contribution in [2.24, 2.45) is 4.99 Å². The monoisotopic (exact) mass is 613 g/mol. The molecule has 0 atom stereocenters. The van der Waals surface area contributed by atoms with Gasteiger partial charge in [-0.3, -0.25) is 0 Å². The molecule has 0 saturated carbocycles. The van der Waals surface area contributed by atoms with Crippen LogP contribution < -0.4 is 4.74 Å². The molecule has 0 aliphatic rings. The molecule has 182 valence electrons. The smallest absolute Gasteiger partial charge is 0.343 e. The lowest BCUT2D eigenvalue weighted by Crippen LogP contribution is -2.08. The maximum atomic E-state index is 12.5. The number of carbonyl (C=O) groups is 1. The number of para-hydroxylation sites is 1. The summed E-state index contributed by atoms with van der Waals surface area (Å²) in [5.41, 5.74) is 5.13. The number of halogens is 2. The molecular formula is C30H21Br2N3O2. The summed E-state index contributed by atoms with van der Waals surface area (Å²) in [6.45, 7) is 1.99. The van der Waals surface area contributed by atoms with Crippen molar-refractivity contribution in [2.75, 3.05) is 0 Å². The van der Waals surface area contributed by atoms with Crippen molar-refractivity contribution in [1.29, 1.82) is 0 Å². The van der Waals surface area contributed by atoms with Crippen LogP contribution in [0.1, 0.15) is 21.6 Å². The van der Waals surface area contributed by atoms with Crippen molar-refractivity contribution in [3.05, 3.63) is 129 Å². The first-order valence-electron chi connectivity index (χ1n) is 11.5. The molecule has 5 aromatic rings. The van der Waals surface area contributed by atoms with Gasteiger partial charge in [-0.25, -0.2) is 14.5 Å². The number of esters is 1. The number of ether oxygens (including phenoxy) is 1. The number of hydrogen-bond acceptors (Lipinski definition) is 4. The number of benzene rings is 4. The molecule has 37 heavy (non-hydrogen) atoms. The topological polar surface area (TPSA) is 56.5 Å². The fraction of sp³-hybridized carbons (Fsp3) is 0.0333. The van der Waals surface area contributed by atoms with Gasteiger partial charge < -0.3 is 4.74 Å². The lowest BCUT2D eigenvalue weighted by atomic mass is 10.1. The highest BCUT2D eigenvalue weighted by molar-refractivity contribution is 9.10. The van der Waals surface area contributed by atoms with Crippen molar-refractivity contribution in [2.45, 2.75) is 6.92 Å². The van der Waals surface area contributed by atoms with Crippen LogP contribution in [0.15, 0.2) is 117 Å². The van der Waals surface area contributed by atoms with Crippen molar-refractivity contribution in [3.8, 4) is 22.6 Å². The van der Waals surface area contributed by atoms with Crippen LogP contribution in [0.25, 0.3) is 16.8 Å². The molecule has 0 spiro atoms. The van der Waals surface area contributed by atoms with Crippen LogP contribution in [0.2, 0.25) is 0 Å². The standard InChI is InChI=1S/C30H21Br2N3O2/c1-20-28(22-7-5-9-24(31)17-22)29(35(34-20)26-11-3-2-4-12-26)33-19-21-13-15-27(16-14-21)37-30(36)23-8-6-10-25(32)18-23/h2-19H,1H3. The van der Waals surface area contributed by atoms with Crippen LogP contribution in [-0.4, -0.2) is 22.0 Å². The van der Waals surface area contributed by atoms with Crippen LogP contribution in [-0.2, 0) is 0 Å². The first-order valence-corrected chi connectivity index (χ1v) is 13.1. The summed E-state index contributed by atoms with van der Waals surface area (Å²) in [4.78, 5) is 17.3. The molecule has 1 aromatic heterocycles. The first kappa shape index (κ1) is 24.9. The molecule has 0 fully saturated rings. The van der Waals surface area contributed by atoms with Gasteiger partial charge in [-0.15, -0.1) is 0 Å². The van der Waals surface area contributed by atoms with E-state index in [1.54, 1.807) is 36.5 Å². The van der Waals surface area contributed by atoms with E-state index in [0.29, 0.717) is 11.3 Å². The SMILES string of the molecule is Cc1nn(-c2ccccc2)c(N=Cc2ccc(OC(=O)c3cccc(Br)c3)cc2)c1-c1cccc(Br)c1. The molecule has 0 unspecified atom stereocenters. The van der Waals surface area contributed by atoms with Gasteiger partial charge in [0.2, 0.25) is 0 Å². The maximum absolute atomic E-state index is 12.5. The highest BCUT2D eigenvalue weighted by Crippen LogP contribution is 2.36. The zero-order valence-electron chi connectivity index (χ0n) is 19.8. The molecule has 0 saturated heterocycles. The summed E-state index contributed by atoms with van der Waals surface area (Å²) < 4.78 is 9.18. The molecule has 7 heteroatoms. The first-order chi connectivity index (χ1) is 18.0. The summed E-state index contributed by atoms with van der Waals surface area (Å²) in [7, 11) is 0. The minimum Gasteiger partial charge on any atom is -0.423 e. The normalized spacial score (nSPS) is 11.1. The van der Waals surface area contributed by atoms with E-state index in [9.17, 15) is 4.79 Å². The van der Waals surface area contributed by atoms with E-state index >= 15 is 0 Å². The third-order valence-corrected chi connectivity index (χ3v) is 6.62. The Balaban J connectivity index is 1.45. The molecule has 0 aliphatic heterocycles. The Morgan fingerprint density at radius 1 is 0.865 bits per heavy atom. The third kappa shape index (κ3) is 5.79. The molecule has 0 N–H and O–H groups in total. The Kier molecular flexibility index (Phi) is 7.44. The van der Waals surface area contributed by atoms with Gasteiger partial charge in [-0.2, -0.15) is 5.10 Å². The predicted octanol–water partition coefficient (Wildman–Crippen LogP) is 8.34. The minimum atomic E-state index is -0.413. The highest BCUT2D eigenvalue weighted by atomic mass is 79.9. The second-order valence-electron chi connectivity index (χ2n) is 8.27. The molecule has 0 bridgehead atoms. The summed E-state index contributed by atoms with van der Waals surface area (Å²) in [6.07, 6.45) is 1.79. The number of rotatable bonds is 6. The van der Waals surface area contributed by atoms with Crippen LogP contribution >= 0.6 is 31.9 Å². The summed E-state index contributed by atoms with van der Waals surface area (Å²) >= 11 is 6.95. The summed E-state index contributed by atoms with van der Waals surface area (Å²) in [5, 5.41) is 4.81. The van der Waals surface area contributed by atoms with Crippen molar-refractivity contribution in [1.82, 2.24) is 9.78 Å². The molecule has 0 aliphatic carbocycles.